The molecule has 0 bridgehead atoms. The Morgan fingerprint density at radius 1 is 1.24 bits per heavy atom. The summed E-state index contributed by atoms with van der Waals surface area (Å²) in [7, 11) is 0. The van der Waals surface area contributed by atoms with E-state index < -0.39 is 0 Å². The van der Waals surface area contributed by atoms with Gasteiger partial charge in [0.05, 0.1) is 5.69 Å². The lowest BCUT2D eigenvalue weighted by molar-refractivity contribution is 0.242. The standard InChI is InChI=1S/C16H22FN3O/c17-13-10-12(16(18)19-21)7-8-15(13)20-9-3-5-11-4-1-2-6-14(11)20/h7-8,10-11,14,21H,1-6,9H2,(H2,18,19). The molecule has 1 saturated carbocycles. The van der Waals surface area contributed by atoms with E-state index in [1.807, 2.05) is 0 Å². The third kappa shape index (κ3) is 2.69. The minimum absolute atomic E-state index is 0.0605. The van der Waals surface area contributed by atoms with Gasteiger partial charge in [0.2, 0.25) is 0 Å². The van der Waals surface area contributed by atoms with Crippen molar-refractivity contribution in [1.82, 2.24) is 0 Å². The van der Waals surface area contributed by atoms with Gasteiger partial charge in [0, 0.05) is 18.2 Å². The largest absolute Gasteiger partial charge is 0.409 e. The van der Waals surface area contributed by atoms with E-state index in [-0.39, 0.29) is 11.7 Å². The third-order valence-corrected chi connectivity index (χ3v) is 4.90. The summed E-state index contributed by atoms with van der Waals surface area (Å²) in [4.78, 5) is 2.23. The number of halogens is 1. The molecule has 1 aromatic carbocycles. The first kappa shape index (κ1) is 14.2. The second-order valence-electron chi connectivity index (χ2n) is 6.10. The maximum Gasteiger partial charge on any atom is 0.170 e. The Hall–Kier alpha value is -1.78. The zero-order valence-electron chi connectivity index (χ0n) is 12.1. The van der Waals surface area contributed by atoms with Crippen molar-refractivity contribution in [2.75, 3.05) is 11.4 Å². The van der Waals surface area contributed by atoms with E-state index in [0.717, 1.165) is 19.4 Å². The van der Waals surface area contributed by atoms with Crippen LogP contribution in [0.3, 0.4) is 0 Å². The van der Waals surface area contributed by atoms with Crippen molar-refractivity contribution in [1.29, 1.82) is 0 Å². The molecule has 2 atom stereocenters. The molecule has 1 saturated heterocycles. The maximum atomic E-state index is 14.5. The third-order valence-electron chi connectivity index (χ3n) is 4.90. The summed E-state index contributed by atoms with van der Waals surface area (Å²) in [6.07, 6.45) is 7.37. The highest BCUT2D eigenvalue weighted by molar-refractivity contribution is 5.97. The van der Waals surface area contributed by atoms with Crippen LogP contribution in [0.15, 0.2) is 23.4 Å². The second kappa shape index (κ2) is 5.92. The summed E-state index contributed by atoms with van der Waals surface area (Å²) < 4.78 is 14.5. The van der Waals surface area contributed by atoms with E-state index in [1.165, 1.54) is 31.7 Å². The van der Waals surface area contributed by atoms with Crippen LogP contribution in [0, 0.1) is 11.7 Å². The van der Waals surface area contributed by atoms with Gasteiger partial charge in [-0.2, -0.15) is 0 Å². The first-order chi connectivity index (χ1) is 10.2. The molecule has 0 aromatic heterocycles. The predicted octanol–water partition coefficient (Wildman–Crippen LogP) is 3.08. The predicted molar refractivity (Wildman–Crippen MR) is 81.2 cm³/mol. The van der Waals surface area contributed by atoms with Gasteiger partial charge < -0.3 is 15.8 Å². The second-order valence-corrected chi connectivity index (χ2v) is 6.10. The molecule has 5 heteroatoms. The van der Waals surface area contributed by atoms with Gasteiger partial charge in [0.25, 0.3) is 0 Å². The topological polar surface area (TPSA) is 61.9 Å². The lowest BCUT2D eigenvalue weighted by atomic mass is 9.78. The molecule has 1 heterocycles. The molecule has 0 spiro atoms. The number of oxime groups is 1. The zero-order valence-corrected chi connectivity index (χ0v) is 12.1. The van der Waals surface area contributed by atoms with Crippen molar-refractivity contribution < 1.29 is 9.60 Å². The van der Waals surface area contributed by atoms with Crippen molar-refractivity contribution >= 4 is 11.5 Å². The highest BCUT2D eigenvalue weighted by atomic mass is 19.1. The van der Waals surface area contributed by atoms with Gasteiger partial charge in [-0.15, -0.1) is 0 Å². The van der Waals surface area contributed by atoms with E-state index in [2.05, 4.69) is 10.1 Å². The minimum atomic E-state index is -0.287. The van der Waals surface area contributed by atoms with Gasteiger partial charge in [0.15, 0.2) is 5.84 Å². The molecule has 2 aliphatic rings. The molecule has 1 aromatic rings. The van der Waals surface area contributed by atoms with Crippen molar-refractivity contribution in [3.63, 3.8) is 0 Å². The summed E-state index contributed by atoms with van der Waals surface area (Å²) >= 11 is 0. The fraction of sp³-hybridized carbons (Fsp3) is 0.562. The first-order valence-electron chi connectivity index (χ1n) is 7.75. The molecular weight excluding hydrogens is 269 g/mol. The van der Waals surface area contributed by atoms with Gasteiger partial charge in [-0.3, -0.25) is 0 Å². The van der Waals surface area contributed by atoms with Crippen molar-refractivity contribution in [2.24, 2.45) is 16.8 Å². The number of nitrogens with zero attached hydrogens (tertiary/aromatic N) is 2. The van der Waals surface area contributed by atoms with Crippen LogP contribution < -0.4 is 10.6 Å². The number of fused-ring (bicyclic) bond motifs is 1. The van der Waals surface area contributed by atoms with Crippen molar-refractivity contribution in [2.45, 2.75) is 44.6 Å². The van der Waals surface area contributed by atoms with Crippen LogP contribution in [0.2, 0.25) is 0 Å². The van der Waals surface area contributed by atoms with Crippen LogP contribution >= 0.6 is 0 Å². The lowest BCUT2D eigenvalue weighted by Gasteiger charge is -2.45. The first-order valence-corrected chi connectivity index (χ1v) is 7.75. The normalized spacial score (nSPS) is 26.5. The highest BCUT2D eigenvalue weighted by Crippen LogP contribution is 2.38. The Balaban J connectivity index is 1.88. The lowest BCUT2D eigenvalue weighted by Crippen LogP contribution is -2.47. The molecule has 4 nitrogen and oxygen atoms in total. The van der Waals surface area contributed by atoms with Crippen LogP contribution in [-0.4, -0.2) is 23.6 Å². The monoisotopic (exact) mass is 291 g/mol. The highest BCUT2D eigenvalue weighted by Gasteiger charge is 2.34. The molecule has 114 valence electrons. The van der Waals surface area contributed by atoms with Gasteiger partial charge in [-0.1, -0.05) is 18.0 Å². The number of anilines is 1. The average Bonchev–Trinajstić information content (AvgIpc) is 2.53. The molecule has 2 unspecified atom stereocenters. The van der Waals surface area contributed by atoms with Crippen LogP contribution in [0.1, 0.15) is 44.1 Å². The fourth-order valence-electron chi connectivity index (χ4n) is 3.88. The van der Waals surface area contributed by atoms with Crippen LogP contribution in [0.25, 0.3) is 0 Å². The number of hydrogen-bond donors (Lipinski definition) is 2. The Morgan fingerprint density at radius 3 is 2.76 bits per heavy atom. The van der Waals surface area contributed by atoms with Gasteiger partial charge in [-0.25, -0.2) is 4.39 Å². The number of nitrogens with two attached hydrogens (primary N) is 1. The molecule has 1 aliphatic heterocycles. The fourth-order valence-corrected chi connectivity index (χ4v) is 3.88. The van der Waals surface area contributed by atoms with E-state index in [9.17, 15) is 4.39 Å². The average molecular weight is 291 g/mol. The van der Waals surface area contributed by atoms with Gasteiger partial charge >= 0.3 is 0 Å². The Morgan fingerprint density at radius 2 is 2.00 bits per heavy atom. The number of amidine groups is 1. The Kier molecular flexibility index (Phi) is 3.99. The van der Waals surface area contributed by atoms with Crippen molar-refractivity contribution in [3.8, 4) is 0 Å². The summed E-state index contributed by atoms with van der Waals surface area (Å²) in [6, 6.07) is 5.31. The molecule has 1 aliphatic carbocycles. The number of benzene rings is 1. The number of rotatable bonds is 2. The Bertz CT molecular complexity index is 544. The SMILES string of the molecule is N/C(=N\O)c1ccc(N2CCCC3CCCCC32)c(F)c1. The van der Waals surface area contributed by atoms with Crippen LogP contribution in [0.5, 0.6) is 0 Å². The smallest absolute Gasteiger partial charge is 0.170 e. The summed E-state index contributed by atoms with van der Waals surface area (Å²) in [5.74, 6) is 0.357. The van der Waals surface area contributed by atoms with E-state index in [0.29, 0.717) is 23.2 Å². The molecule has 0 radical (unpaired) electrons. The van der Waals surface area contributed by atoms with E-state index in [1.54, 1.807) is 12.1 Å². The Labute approximate surface area is 124 Å². The minimum Gasteiger partial charge on any atom is -0.409 e. The van der Waals surface area contributed by atoms with Crippen LogP contribution in [0.4, 0.5) is 10.1 Å². The van der Waals surface area contributed by atoms with E-state index >= 15 is 0 Å². The molecule has 3 rings (SSSR count). The van der Waals surface area contributed by atoms with Gasteiger partial charge in [0.1, 0.15) is 5.82 Å². The maximum absolute atomic E-state index is 14.5. The zero-order chi connectivity index (χ0) is 14.8. The number of hydrogen-bond acceptors (Lipinski definition) is 3. The summed E-state index contributed by atoms with van der Waals surface area (Å²) in [5, 5.41) is 11.6. The van der Waals surface area contributed by atoms with E-state index in [4.69, 9.17) is 10.9 Å². The molecule has 2 fully saturated rings. The molecular formula is C16H22FN3O. The quantitative estimate of drug-likeness (QED) is 0.381. The van der Waals surface area contributed by atoms with Gasteiger partial charge in [-0.05, 0) is 49.8 Å². The molecule has 0 amide bonds. The number of piperidine rings is 1. The molecule has 3 N–H and O–H groups in total. The molecule has 21 heavy (non-hydrogen) atoms. The summed E-state index contributed by atoms with van der Waals surface area (Å²) in [5.41, 5.74) is 6.58. The summed E-state index contributed by atoms with van der Waals surface area (Å²) in [6.45, 7) is 0.918. The van der Waals surface area contributed by atoms with Crippen molar-refractivity contribution in [3.05, 3.63) is 29.6 Å². The van der Waals surface area contributed by atoms with Crippen LogP contribution in [-0.2, 0) is 0 Å².